The summed E-state index contributed by atoms with van der Waals surface area (Å²) in [6, 6.07) is 13.6. The summed E-state index contributed by atoms with van der Waals surface area (Å²) in [6.07, 6.45) is 0.771. The van der Waals surface area contributed by atoms with Gasteiger partial charge in [0.25, 0.3) is 5.91 Å². The number of nitrogens with zero attached hydrogens (tertiary/aromatic N) is 2. The molecule has 4 rings (SSSR count). The summed E-state index contributed by atoms with van der Waals surface area (Å²) >= 11 is 0. The van der Waals surface area contributed by atoms with Crippen molar-refractivity contribution in [3.63, 3.8) is 0 Å². The van der Waals surface area contributed by atoms with Gasteiger partial charge in [-0.2, -0.15) is 0 Å². The van der Waals surface area contributed by atoms with Gasteiger partial charge < -0.3 is 19.7 Å². The fourth-order valence-electron chi connectivity index (χ4n) is 4.33. The van der Waals surface area contributed by atoms with Crippen LogP contribution < -0.4 is 20.1 Å². The summed E-state index contributed by atoms with van der Waals surface area (Å²) in [5, 5.41) is 7.32. The minimum absolute atomic E-state index is 0.0555. The van der Waals surface area contributed by atoms with E-state index in [1.807, 2.05) is 17.0 Å². The van der Waals surface area contributed by atoms with Crippen molar-refractivity contribution in [1.82, 2.24) is 10.2 Å². The number of benzene rings is 2. The van der Waals surface area contributed by atoms with Gasteiger partial charge in [0, 0.05) is 31.4 Å². The highest BCUT2D eigenvalue weighted by Crippen LogP contribution is 2.33. The van der Waals surface area contributed by atoms with Crippen LogP contribution in [0.2, 0.25) is 0 Å². The lowest BCUT2D eigenvalue weighted by Gasteiger charge is -2.32. The van der Waals surface area contributed by atoms with E-state index in [1.54, 1.807) is 32.4 Å². The topological polar surface area (TPSA) is 75.2 Å². The van der Waals surface area contributed by atoms with Gasteiger partial charge in [-0.1, -0.05) is 18.2 Å². The number of amidine groups is 1. The van der Waals surface area contributed by atoms with Crippen molar-refractivity contribution in [2.75, 3.05) is 32.6 Å². The third kappa shape index (κ3) is 4.30. The summed E-state index contributed by atoms with van der Waals surface area (Å²) in [5.74, 6) is 1.99. The van der Waals surface area contributed by atoms with Crippen LogP contribution in [0.1, 0.15) is 43.1 Å². The Kier molecular flexibility index (Phi) is 5.86. The summed E-state index contributed by atoms with van der Waals surface area (Å²) < 4.78 is 10.7. The molecule has 0 saturated carbocycles. The second-order valence-corrected chi connectivity index (χ2v) is 9.39. The lowest BCUT2D eigenvalue weighted by Crippen LogP contribution is -2.56. The number of likely N-dealkylation sites (tertiary alicyclic amines) is 1. The molecule has 1 amide bonds. The lowest BCUT2D eigenvalue weighted by atomic mass is 9.95. The molecule has 7 nitrogen and oxygen atoms in total. The molecule has 0 aliphatic carbocycles. The average Bonchev–Trinajstić information content (AvgIpc) is 3.15. The fourth-order valence-corrected chi connectivity index (χ4v) is 4.33. The van der Waals surface area contributed by atoms with Crippen LogP contribution in [0.15, 0.2) is 47.5 Å². The van der Waals surface area contributed by atoms with Crippen LogP contribution in [0, 0.1) is 0 Å². The van der Waals surface area contributed by atoms with Gasteiger partial charge in [0.2, 0.25) is 0 Å². The molecule has 2 heterocycles. The Balaban J connectivity index is 1.66. The minimum atomic E-state index is -0.443. The molecule has 170 valence electrons. The first-order chi connectivity index (χ1) is 15.2. The monoisotopic (exact) mass is 436 g/mol. The summed E-state index contributed by atoms with van der Waals surface area (Å²) in [5.41, 5.74) is 2.08. The van der Waals surface area contributed by atoms with Gasteiger partial charge in [0.05, 0.1) is 30.9 Å². The molecular weight excluding hydrogens is 404 g/mol. The van der Waals surface area contributed by atoms with Crippen LogP contribution in [0.3, 0.4) is 0 Å². The van der Waals surface area contributed by atoms with Gasteiger partial charge >= 0.3 is 0 Å². The van der Waals surface area contributed by atoms with Crippen LogP contribution >= 0.6 is 0 Å². The average molecular weight is 437 g/mol. The Hall–Kier alpha value is -3.06. The lowest BCUT2D eigenvalue weighted by molar-refractivity contribution is 0.0782. The predicted octanol–water partition coefficient (Wildman–Crippen LogP) is 3.70. The molecule has 1 unspecified atom stereocenters. The van der Waals surface area contributed by atoms with E-state index in [0.717, 1.165) is 17.9 Å². The van der Waals surface area contributed by atoms with Gasteiger partial charge in [-0.15, -0.1) is 0 Å². The molecule has 0 bridgehead atoms. The third-order valence-corrected chi connectivity index (χ3v) is 5.98. The molecular formula is C25H32N4O3. The first-order valence-electron chi connectivity index (χ1n) is 11.0. The van der Waals surface area contributed by atoms with Gasteiger partial charge in [0.1, 0.15) is 17.3 Å². The number of hydrogen-bond acceptors (Lipinski definition) is 5. The number of carbonyl (C=O) groups is 1. The molecule has 1 saturated heterocycles. The zero-order valence-electron chi connectivity index (χ0n) is 19.5. The second-order valence-electron chi connectivity index (χ2n) is 9.39. The van der Waals surface area contributed by atoms with Gasteiger partial charge in [-0.3, -0.25) is 15.1 Å². The molecule has 2 aliphatic rings. The van der Waals surface area contributed by atoms with Crippen LogP contribution in [-0.2, 0) is 6.54 Å². The van der Waals surface area contributed by atoms with E-state index < -0.39 is 5.54 Å². The smallest absolute Gasteiger partial charge is 0.257 e. The van der Waals surface area contributed by atoms with Crippen LogP contribution in [-0.4, -0.2) is 55.0 Å². The molecule has 2 aromatic carbocycles. The zero-order valence-corrected chi connectivity index (χ0v) is 19.5. The molecule has 0 aromatic heterocycles. The number of fused-ring (bicyclic) bond motifs is 1. The van der Waals surface area contributed by atoms with E-state index in [0.29, 0.717) is 36.7 Å². The maximum absolute atomic E-state index is 13.5. The fraction of sp³-hybridized carbons (Fsp3) is 0.440. The number of amides is 1. The number of ether oxygens (including phenoxy) is 2. The third-order valence-electron chi connectivity index (χ3n) is 5.98. The Morgan fingerprint density at radius 2 is 1.91 bits per heavy atom. The number of methoxy groups -OCH3 is 2. The highest BCUT2D eigenvalue weighted by atomic mass is 16.5. The van der Waals surface area contributed by atoms with Gasteiger partial charge in [-0.05, 0) is 51.0 Å². The number of rotatable bonds is 3. The maximum Gasteiger partial charge on any atom is 0.257 e. The minimum Gasteiger partial charge on any atom is -0.497 e. The molecule has 0 radical (unpaired) electrons. The van der Waals surface area contributed by atoms with Crippen LogP contribution in [0.5, 0.6) is 11.5 Å². The number of aliphatic imine (C=N–C) groups is 1. The molecule has 32 heavy (non-hydrogen) atoms. The Morgan fingerprint density at radius 3 is 2.62 bits per heavy atom. The summed E-state index contributed by atoms with van der Waals surface area (Å²) in [7, 11) is 3.17. The van der Waals surface area contributed by atoms with E-state index >= 15 is 0 Å². The maximum atomic E-state index is 13.5. The van der Waals surface area contributed by atoms with E-state index in [-0.39, 0.29) is 11.4 Å². The Bertz CT molecular complexity index is 1040. The standard InChI is InChI=1S/C25H32N4O3/c1-24(2,3)28-23-25(26-15-17-8-6-7-9-20(17)27-23)12-13-29(16-25)22(30)19-11-10-18(31-4)14-21(19)32-5/h6-11,14,26H,12-13,15-16H2,1-5H3,(H,27,28). The highest BCUT2D eigenvalue weighted by molar-refractivity contribution is 6.05. The zero-order chi connectivity index (χ0) is 22.9. The van der Waals surface area contributed by atoms with Crippen molar-refractivity contribution >= 4 is 17.4 Å². The molecule has 1 fully saturated rings. The Morgan fingerprint density at radius 1 is 1.12 bits per heavy atom. The second kappa shape index (κ2) is 8.47. The predicted molar refractivity (Wildman–Crippen MR) is 127 cm³/mol. The van der Waals surface area contributed by atoms with Crippen molar-refractivity contribution in [2.45, 2.75) is 44.8 Å². The molecule has 2 aliphatic heterocycles. The van der Waals surface area contributed by atoms with E-state index in [4.69, 9.17) is 14.5 Å². The van der Waals surface area contributed by atoms with Crippen LogP contribution in [0.4, 0.5) is 5.69 Å². The quantitative estimate of drug-likeness (QED) is 0.767. The first kappa shape index (κ1) is 22.1. The van der Waals surface area contributed by atoms with Crippen molar-refractivity contribution in [3.8, 4) is 11.5 Å². The van der Waals surface area contributed by atoms with E-state index in [1.165, 1.54) is 5.56 Å². The SMILES string of the molecule is COc1ccc(C(=O)N2CCC3(C2)NCc2ccccc2NC3=NC(C)(C)C)c(OC)c1. The highest BCUT2D eigenvalue weighted by Gasteiger charge is 2.46. The Labute approximate surface area is 189 Å². The van der Waals surface area contributed by atoms with Crippen LogP contribution in [0.25, 0.3) is 0 Å². The summed E-state index contributed by atoms with van der Waals surface area (Å²) in [6.45, 7) is 8.13. The van der Waals surface area contributed by atoms with E-state index in [2.05, 4.69) is 43.5 Å². The molecule has 2 N–H and O–H groups in total. The van der Waals surface area contributed by atoms with Gasteiger partial charge in [0.15, 0.2) is 0 Å². The van der Waals surface area contributed by atoms with Crippen molar-refractivity contribution in [1.29, 1.82) is 0 Å². The molecule has 1 spiro atoms. The molecule has 1 atom stereocenters. The number of carbonyl (C=O) groups excluding carboxylic acids is 1. The van der Waals surface area contributed by atoms with Crippen molar-refractivity contribution in [3.05, 3.63) is 53.6 Å². The number of nitrogens with one attached hydrogen (secondary N) is 2. The van der Waals surface area contributed by atoms with Gasteiger partial charge in [-0.25, -0.2) is 0 Å². The van der Waals surface area contributed by atoms with Crippen molar-refractivity contribution in [2.24, 2.45) is 4.99 Å². The normalized spacial score (nSPS) is 21.8. The number of hydrogen-bond donors (Lipinski definition) is 2. The number of anilines is 1. The molecule has 7 heteroatoms. The van der Waals surface area contributed by atoms with Crippen molar-refractivity contribution < 1.29 is 14.3 Å². The first-order valence-corrected chi connectivity index (χ1v) is 11.0. The van der Waals surface area contributed by atoms with E-state index in [9.17, 15) is 4.79 Å². The summed E-state index contributed by atoms with van der Waals surface area (Å²) in [4.78, 5) is 20.4. The largest absolute Gasteiger partial charge is 0.497 e. The number of para-hydroxylation sites is 1. The molecule has 2 aromatic rings.